The molecular weight excluding hydrogens is 246 g/mol. The molecular formula is C14H25NO4. The minimum absolute atomic E-state index is 0.103. The van der Waals surface area contributed by atoms with E-state index in [0.717, 1.165) is 25.9 Å². The predicted octanol–water partition coefficient (Wildman–Crippen LogP) is 1.78. The molecule has 2 aliphatic heterocycles. The molecule has 0 aromatic heterocycles. The van der Waals surface area contributed by atoms with Crippen molar-refractivity contribution in [3.05, 3.63) is 0 Å². The lowest BCUT2D eigenvalue weighted by Gasteiger charge is -2.41. The zero-order chi connectivity index (χ0) is 14.1. The molecule has 0 aromatic rings. The first-order chi connectivity index (χ1) is 8.84. The van der Waals surface area contributed by atoms with Gasteiger partial charge in [0.25, 0.3) is 0 Å². The lowest BCUT2D eigenvalue weighted by Crippen LogP contribution is -2.49. The highest BCUT2D eigenvalue weighted by Gasteiger charge is 2.42. The second-order valence-electron chi connectivity index (χ2n) is 6.82. The number of rotatable bonds is 3. The number of hydrogen-bond acceptors (Lipinski definition) is 4. The summed E-state index contributed by atoms with van der Waals surface area (Å²) in [7, 11) is 0. The van der Waals surface area contributed by atoms with Crippen molar-refractivity contribution in [2.75, 3.05) is 26.3 Å². The molecule has 0 bridgehead atoms. The van der Waals surface area contributed by atoms with E-state index >= 15 is 0 Å². The highest BCUT2D eigenvalue weighted by atomic mass is 16.6. The number of aliphatic hydroxyl groups excluding tert-OH is 1. The van der Waals surface area contributed by atoms with E-state index in [-0.39, 0.29) is 24.2 Å². The van der Waals surface area contributed by atoms with Gasteiger partial charge in [0.05, 0.1) is 19.3 Å². The summed E-state index contributed by atoms with van der Waals surface area (Å²) in [6.45, 7) is 7.77. The van der Waals surface area contributed by atoms with Crippen LogP contribution in [0, 0.1) is 5.41 Å². The van der Waals surface area contributed by atoms with Crippen molar-refractivity contribution in [1.29, 1.82) is 0 Å². The van der Waals surface area contributed by atoms with E-state index in [1.807, 2.05) is 20.8 Å². The van der Waals surface area contributed by atoms with Crippen molar-refractivity contribution in [2.24, 2.45) is 5.41 Å². The molecule has 0 saturated carbocycles. The molecule has 19 heavy (non-hydrogen) atoms. The lowest BCUT2D eigenvalue weighted by molar-refractivity contribution is -0.0132. The van der Waals surface area contributed by atoms with Crippen LogP contribution in [0.1, 0.15) is 40.0 Å². The van der Waals surface area contributed by atoms with Crippen LogP contribution in [-0.4, -0.2) is 54.1 Å². The summed E-state index contributed by atoms with van der Waals surface area (Å²) >= 11 is 0. The maximum Gasteiger partial charge on any atom is 0.410 e. The third-order valence-corrected chi connectivity index (χ3v) is 3.71. The minimum Gasteiger partial charge on any atom is -0.444 e. The molecule has 0 aromatic carbocycles. The van der Waals surface area contributed by atoms with Crippen LogP contribution in [0.15, 0.2) is 0 Å². The van der Waals surface area contributed by atoms with Crippen molar-refractivity contribution in [1.82, 2.24) is 4.90 Å². The van der Waals surface area contributed by atoms with E-state index in [4.69, 9.17) is 9.47 Å². The van der Waals surface area contributed by atoms with E-state index in [1.165, 1.54) is 0 Å². The highest BCUT2D eigenvalue weighted by Crippen LogP contribution is 2.38. The number of likely N-dealkylation sites (tertiary alicyclic amines) is 1. The topological polar surface area (TPSA) is 62.3 Å². The van der Waals surface area contributed by atoms with Crippen LogP contribution in [-0.2, 0) is 9.47 Å². The van der Waals surface area contributed by atoms with Crippen molar-refractivity contribution < 1.29 is 19.4 Å². The van der Waals surface area contributed by atoms with Crippen molar-refractivity contribution in [3.63, 3.8) is 0 Å². The maximum atomic E-state index is 12.1. The van der Waals surface area contributed by atoms with Gasteiger partial charge in [0.1, 0.15) is 5.60 Å². The quantitative estimate of drug-likeness (QED) is 0.795. The standard InChI is InChI=1S/C14H25NO4/c1-13(2,3)19-12(17)15-6-4-5-14(9-15,10-16)7-11-8-18-11/h11,16H,4-10H2,1-3H3. The number of nitrogens with zero attached hydrogens (tertiary/aromatic N) is 1. The number of epoxide rings is 1. The summed E-state index contributed by atoms with van der Waals surface area (Å²) in [4.78, 5) is 13.8. The third-order valence-electron chi connectivity index (χ3n) is 3.71. The molecule has 0 spiro atoms. The Bertz CT molecular complexity index is 335. The van der Waals surface area contributed by atoms with Gasteiger partial charge in [-0.3, -0.25) is 0 Å². The van der Waals surface area contributed by atoms with Crippen LogP contribution in [0.5, 0.6) is 0 Å². The molecule has 2 fully saturated rings. The number of amides is 1. The van der Waals surface area contributed by atoms with Crippen LogP contribution in [0.3, 0.4) is 0 Å². The van der Waals surface area contributed by atoms with Gasteiger partial charge in [0, 0.05) is 18.5 Å². The molecule has 5 nitrogen and oxygen atoms in total. The summed E-state index contributed by atoms with van der Waals surface area (Å²) in [6.07, 6.45) is 2.69. The first kappa shape index (κ1) is 14.6. The van der Waals surface area contributed by atoms with E-state index < -0.39 is 5.60 Å². The lowest BCUT2D eigenvalue weighted by atomic mass is 9.77. The number of ether oxygens (including phenoxy) is 2. The van der Waals surface area contributed by atoms with Gasteiger partial charge in [-0.05, 0) is 40.0 Å². The Morgan fingerprint density at radius 1 is 1.53 bits per heavy atom. The normalized spacial score (nSPS) is 31.2. The van der Waals surface area contributed by atoms with Crippen molar-refractivity contribution >= 4 is 6.09 Å². The van der Waals surface area contributed by atoms with Crippen molar-refractivity contribution in [2.45, 2.75) is 51.7 Å². The number of carbonyl (C=O) groups excluding carboxylic acids is 1. The fourth-order valence-corrected chi connectivity index (χ4v) is 2.72. The smallest absolute Gasteiger partial charge is 0.410 e. The van der Waals surface area contributed by atoms with Gasteiger partial charge in [-0.1, -0.05) is 0 Å². The molecule has 0 aliphatic carbocycles. The Hall–Kier alpha value is -0.810. The van der Waals surface area contributed by atoms with E-state index in [9.17, 15) is 9.90 Å². The second-order valence-corrected chi connectivity index (χ2v) is 6.82. The van der Waals surface area contributed by atoms with E-state index in [0.29, 0.717) is 13.1 Å². The Morgan fingerprint density at radius 2 is 2.21 bits per heavy atom. The van der Waals surface area contributed by atoms with Crippen molar-refractivity contribution in [3.8, 4) is 0 Å². The number of carbonyl (C=O) groups is 1. The highest BCUT2D eigenvalue weighted by molar-refractivity contribution is 5.68. The summed E-state index contributed by atoms with van der Waals surface area (Å²) in [5, 5.41) is 9.72. The fraction of sp³-hybridized carbons (Fsp3) is 0.929. The van der Waals surface area contributed by atoms with Gasteiger partial charge in [-0.2, -0.15) is 0 Å². The Labute approximate surface area is 114 Å². The van der Waals surface area contributed by atoms with Gasteiger partial charge in [-0.15, -0.1) is 0 Å². The zero-order valence-electron chi connectivity index (χ0n) is 12.1. The first-order valence-electron chi connectivity index (χ1n) is 7.04. The summed E-state index contributed by atoms with van der Waals surface area (Å²) in [6, 6.07) is 0. The molecule has 0 radical (unpaired) electrons. The zero-order valence-corrected chi connectivity index (χ0v) is 12.1. The van der Waals surface area contributed by atoms with Gasteiger partial charge in [0.2, 0.25) is 0 Å². The molecule has 2 atom stereocenters. The van der Waals surface area contributed by atoms with Gasteiger partial charge in [-0.25, -0.2) is 4.79 Å². The SMILES string of the molecule is CC(C)(C)OC(=O)N1CCCC(CO)(CC2CO2)C1. The van der Waals surface area contributed by atoms with Crippen LogP contribution >= 0.6 is 0 Å². The summed E-state index contributed by atoms with van der Waals surface area (Å²) in [5.41, 5.74) is -0.688. The van der Waals surface area contributed by atoms with Gasteiger partial charge in [0.15, 0.2) is 0 Å². The number of hydrogen-bond donors (Lipinski definition) is 1. The summed E-state index contributed by atoms with van der Waals surface area (Å²) in [5.74, 6) is 0. The second kappa shape index (κ2) is 5.29. The molecule has 1 amide bonds. The van der Waals surface area contributed by atoms with E-state index in [1.54, 1.807) is 4.90 Å². The summed E-state index contributed by atoms with van der Waals surface area (Å²) < 4.78 is 10.7. The monoisotopic (exact) mass is 271 g/mol. The minimum atomic E-state index is -0.476. The van der Waals surface area contributed by atoms with Gasteiger partial charge < -0.3 is 19.5 Å². The third kappa shape index (κ3) is 4.08. The molecule has 2 rings (SSSR count). The Morgan fingerprint density at radius 3 is 2.74 bits per heavy atom. The molecule has 2 heterocycles. The van der Waals surface area contributed by atoms with Crippen LogP contribution in [0.25, 0.3) is 0 Å². The molecule has 110 valence electrons. The molecule has 1 N–H and O–H groups in total. The predicted molar refractivity (Wildman–Crippen MR) is 70.9 cm³/mol. The van der Waals surface area contributed by atoms with Crippen LogP contribution < -0.4 is 0 Å². The maximum absolute atomic E-state index is 12.1. The molecule has 2 aliphatic rings. The molecule has 2 saturated heterocycles. The molecule has 2 unspecified atom stereocenters. The Kier molecular flexibility index (Phi) is 4.06. The fourth-order valence-electron chi connectivity index (χ4n) is 2.72. The van der Waals surface area contributed by atoms with E-state index in [2.05, 4.69) is 0 Å². The van der Waals surface area contributed by atoms with Gasteiger partial charge >= 0.3 is 6.09 Å². The van der Waals surface area contributed by atoms with Crippen LogP contribution in [0.4, 0.5) is 4.79 Å². The number of aliphatic hydroxyl groups is 1. The Balaban J connectivity index is 1.96. The average Bonchev–Trinajstić information content (AvgIpc) is 3.11. The van der Waals surface area contributed by atoms with Crippen LogP contribution in [0.2, 0.25) is 0 Å². The average molecular weight is 271 g/mol. The largest absolute Gasteiger partial charge is 0.444 e. The first-order valence-corrected chi connectivity index (χ1v) is 7.04. The molecule has 5 heteroatoms. The number of piperidine rings is 1.